The van der Waals surface area contributed by atoms with Crippen LogP contribution in [0.5, 0.6) is 5.75 Å². The predicted octanol–water partition coefficient (Wildman–Crippen LogP) is 4.13. The van der Waals surface area contributed by atoms with E-state index in [1.165, 1.54) is 0 Å². The van der Waals surface area contributed by atoms with E-state index in [9.17, 15) is 4.79 Å². The summed E-state index contributed by atoms with van der Waals surface area (Å²) >= 11 is 3.36. The minimum absolute atomic E-state index is 0.0873. The van der Waals surface area contributed by atoms with E-state index in [0.29, 0.717) is 5.75 Å². The third kappa shape index (κ3) is 4.43. The number of hydrazone groups is 1. The molecule has 0 aliphatic carbocycles. The molecule has 0 aliphatic rings. The molecule has 3 aromatic carbocycles. The van der Waals surface area contributed by atoms with Gasteiger partial charge in [0.2, 0.25) is 0 Å². The van der Waals surface area contributed by atoms with Crippen LogP contribution in [0.2, 0.25) is 0 Å². The highest BCUT2D eigenvalue weighted by molar-refractivity contribution is 9.10. The third-order valence-corrected chi connectivity index (χ3v) is 3.89. The molecule has 1 N–H and O–H groups in total. The predicted molar refractivity (Wildman–Crippen MR) is 99.3 cm³/mol. The van der Waals surface area contributed by atoms with Gasteiger partial charge in [-0.15, -0.1) is 0 Å². The second kappa shape index (κ2) is 7.75. The summed E-state index contributed by atoms with van der Waals surface area (Å²) in [6.45, 7) is -0.0873. The van der Waals surface area contributed by atoms with Crippen molar-refractivity contribution in [2.24, 2.45) is 5.10 Å². The summed E-state index contributed by atoms with van der Waals surface area (Å²) in [5.74, 6) is 0.345. The van der Waals surface area contributed by atoms with Gasteiger partial charge in [-0.3, -0.25) is 4.79 Å². The van der Waals surface area contributed by atoms with Gasteiger partial charge in [-0.1, -0.05) is 58.4 Å². The van der Waals surface area contributed by atoms with Gasteiger partial charge in [0, 0.05) is 4.47 Å². The lowest BCUT2D eigenvalue weighted by Crippen LogP contribution is -2.24. The monoisotopic (exact) mass is 382 g/mol. The molecule has 4 nitrogen and oxygen atoms in total. The minimum atomic E-state index is -0.309. The number of carbonyl (C=O) groups excluding carboxylic acids is 1. The van der Waals surface area contributed by atoms with Crippen molar-refractivity contribution < 1.29 is 9.53 Å². The van der Waals surface area contributed by atoms with Crippen molar-refractivity contribution in [2.45, 2.75) is 0 Å². The fraction of sp³-hybridized carbons (Fsp3) is 0.0526. The quantitative estimate of drug-likeness (QED) is 0.532. The Balaban J connectivity index is 1.52. The minimum Gasteiger partial charge on any atom is -0.484 e. The Kier molecular flexibility index (Phi) is 5.23. The lowest BCUT2D eigenvalue weighted by Gasteiger charge is -2.06. The van der Waals surface area contributed by atoms with Gasteiger partial charge in [0.25, 0.3) is 5.91 Å². The molecule has 120 valence electrons. The van der Waals surface area contributed by atoms with Gasteiger partial charge in [-0.2, -0.15) is 5.10 Å². The molecule has 3 rings (SSSR count). The number of hydrogen-bond acceptors (Lipinski definition) is 3. The van der Waals surface area contributed by atoms with Crippen molar-refractivity contribution in [3.63, 3.8) is 0 Å². The Labute approximate surface area is 148 Å². The summed E-state index contributed by atoms with van der Waals surface area (Å²) in [4.78, 5) is 11.8. The topological polar surface area (TPSA) is 50.7 Å². The van der Waals surface area contributed by atoms with E-state index in [1.54, 1.807) is 6.21 Å². The molecule has 0 fully saturated rings. The van der Waals surface area contributed by atoms with Crippen LogP contribution in [-0.4, -0.2) is 18.7 Å². The first-order valence-electron chi connectivity index (χ1n) is 7.40. The van der Waals surface area contributed by atoms with E-state index in [1.807, 2.05) is 66.7 Å². The molecule has 0 heterocycles. The van der Waals surface area contributed by atoms with Crippen LogP contribution in [-0.2, 0) is 4.79 Å². The third-order valence-electron chi connectivity index (χ3n) is 3.36. The second-order valence-corrected chi connectivity index (χ2v) is 6.06. The number of hydrogen-bond donors (Lipinski definition) is 1. The first kappa shape index (κ1) is 16.2. The smallest absolute Gasteiger partial charge is 0.277 e. The van der Waals surface area contributed by atoms with Crippen LogP contribution in [0.25, 0.3) is 10.8 Å². The number of amides is 1. The van der Waals surface area contributed by atoms with Gasteiger partial charge in [0.15, 0.2) is 6.61 Å². The molecule has 0 aliphatic heterocycles. The number of ether oxygens (including phenoxy) is 1. The van der Waals surface area contributed by atoms with Crippen LogP contribution >= 0.6 is 15.9 Å². The molecule has 0 spiro atoms. The van der Waals surface area contributed by atoms with Gasteiger partial charge in [-0.25, -0.2) is 5.43 Å². The van der Waals surface area contributed by atoms with Crippen LogP contribution in [0.4, 0.5) is 0 Å². The van der Waals surface area contributed by atoms with E-state index >= 15 is 0 Å². The second-order valence-electron chi connectivity index (χ2n) is 5.14. The van der Waals surface area contributed by atoms with E-state index in [0.717, 1.165) is 20.8 Å². The van der Waals surface area contributed by atoms with E-state index in [2.05, 4.69) is 26.5 Å². The normalized spacial score (nSPS) is 10.9. The number of fused-ring (bicyclic) bond motifs is 1. The number of nitrogens with zero attached hydrogens (tertiary/aromatic N) is 1. The highest BCUT2D eigenvalue weighted by Crippen LogP contribution is 2.20. The molecule has 0 saturated heterocycles. The van der Waals surface area contributed by atoms with Crippen LogP contribution in [0, 0.1) is 0 Å². The first-order valence-corrected chi connectivity index (χ1v) is 8.19. The van der Waals surface area contributed by atoms with Crippen LogP contribution in [0.3, 0.4) is 0 Å². The SMILES string of the molecule is O=C(COc1ccc2ccccc2c1)N/N=C\c1ccc(Br)cc1. The first-order chi connectivity index (χ1) is 11.7. The molecule has 0 atom stereocenters. The molecule has 0 bridgehead atoms. The lowest BCUT2D eigenvalue weighted by atomic mass is 10.1. The average Bonchev–Trinajstić information content (AvgIpc) is 2.61. The Morgan fingerprint density at radius 3 is 2.58 bits per heavy atom. The molecule has 0 radical (unpaired) electrons. The number of carbonyl (C=O) groups is 1. The fourth-order valence-electron chi connectivity index (χ4n) is 2.17. The van der Waals surface area contributed by atoms with Gasteiger partial charge in [-0.05, 0) is 40.6 Å². The van der Waals surface area contributed by atoms with E-state index < -0.39 is 0 Å². The molecular formula is C19H15BrN2O2. The maximum absolute atomic E-state index is 11.8. The van der Waals surface area contributed by atoms with E-state index in [-0.39, 0.29) is 12.5 Å². The van der Waals surface area contributed by atoms with E-state index in [4.69, 9.17) is 4.74 Å². The molecule has 24 heavy (non-hydrogen) atoms. The zero-order valence-electron chi connectivity index (χ0n) is 12.8. The van der Waals surface area contributed by atoms with Crippen molar-refractivity contribution in [3.8, 4) is 5.75 Å². The van der Waals surface area contributed by atoms with Crippen LogP contribution < -0.4 is 10.2 Å². The zero-order chi connectivity index (χ0) is 16.8. The number of nitrogens with one attached hydrogen (secondary N) is 1. The maximum Gasteiger partial charge on any atom is 0.277 e. The Bertz CT molecular complexity index is 876. The lowest BCUT2D eigenvalue weighted by molar-refractivity contribution is -0.123. The molecule has 0 saturated carbocycles. The summed E-state index contributed by atoms with van der Waals surface area (Å²) in [7, 11) is 0. The Morgan fingerprint density at radius 2 is 1.79 bits per heavy atom. The van der Waals surface area contributed by atoms with Crippen molar-refractivity contribution in [2.75, 3.05) is 6.61 Å². The summed E-state index contributed by atoms with van der Waals surface area (Å²) in [6.07, 6.45) is 1.58. The zero-order valence-corrected chi connectivity index (χ0v) is 14.4. The largest absolute Gasteiger partial charge is 0.484 e. The molecule has 5 heteroatoms. The summed E-state index contributed by atoms with van der Waals surface area (Å²) in [5.41, 5.74) is 3.34. The molecular weight excluding hydrogens is 368 g/mol. The number of rotatable bonds is 5. The van der Waals surface area contributed by atoms with Gasteiger partial charge < -0.3 is 4.74 Å². The van der Waals surface area contributed by atoms with Gasteiger partial charge in [0.05, 0.1) is 6.21 Å². The fourth-order valence-corrected chi connectivity index (χ4v) is 2.43. The van der Waals surface area contributed by atoms with Gasteiger partial charge in [0.1, 0.15) is 5.75 Å². The molecule has 0 aromatic heterocycles. The highest BCUT2D eigenvalue weighted by atomic mass is 79.9. The van der Waals surface area contributed by atoms with Gasteiger partial charge >= 0.3 is 0 Å². The maximum atomic E-state index is 11.8. The van der Waals surface area contributed by atoms with Crippen molar-refractivity contribution >= 4 is 38.8 Å². The summed E-state index contributed by atoms with van der Waals surface area (Å²) in [6, 6.07) is 21.3. The van der Waals surface area contributed by atoms with Crippen LogP contribution in [0.1, 0.15) is 5.56 Å². The van der Waals surface area contributed by atoms with Crippen LogP contribution in [0.15, 0.2) is 76.3 Å². The summed E-state index contributed by atoms with van der Waals surface area (Å²) < 4.78 is 6.50. The average molecular weight is 383 g/mol. The standard InChI is InChI=1S/C19H15BrN2O2/c20-17-8-5-14(6-9-17)12-21-22-19(23)13-24-18-10-7-15-3-1-2-4-16(15)11-18/h1-12H,13H2,(H,22,23)/b21-12-. The van der Waals surface area contributed by atoms with Crippen molar-refractivity contribution in [1.82, 2.24) is 5.43 Å². The highest BCUT2D eigenvalue weighted by Gasteiger charge is 2.02. The molecule has 0 unspecified atom stereocenters. The Morgan fingerprint density at radius 1 is 1.04 bits per heavy atom. The van der Waals surface area contributed by atoms with Crippen molar-refractivity contribution in [3.05, 3.63) is 76.8 Å². The van der Waals surface area contributed by atoms with Crippen molar-refractivity contribution in [1.29, 1.82) is 0 Å². The molecule has 3 aromatic rings. The summed E-state index contributed by atoms with van der Waals surface area (Å²) in [5, 5.41) is 6.12. The molecule has 1 amide bonds. The number of halogens is 1. The number of benzene rings is 3. The Hall–Kier alpha value is -2.66.